The molecule has 7 heteroatoms. The highest BCUT2D eigenvalue weighted by Gasteiger charge is 2.25. The van der Waals surface area contributed by atoms with Crippen LogP contribution in [-0.4, -0.2) is 38.2 Å². The second kappa shape index (κ2) is 4.73. The largest absolute Gasteiger partial charge is 0.358 e. The number of amides is 1. The van der Waals surface area contributed by atoms with E-state index in [2.05, 4.69) is 25.7 Å². The van der Waals surface area contributed by atoms with Gasteiger partial charge in [-0.25, -0.2) is 9.97 Å². The Bertz CT molecular complexity index is 662. The van der Waals surface area contributed by atoms with Gasteiger partial charge in [0.15, 0.2) is 5.65 Å². The van der Waals surface area contributed by atoms with E-state index in [-0.39, 0.29) is 17.9 Å². The average molecular weight is 274 g/mol. The first kappa shape index (κ1) is 12.8. The minimum Gasteiger partial charge on any atom is -0.358 e. The second-order valence-corrected chi connectivity index (χ2v) is 5.37. The molecule has 0 spiro atoms. The van der Waals surface area contributed by atoms with Crippen LogP contribution in [0, 0.1) is 0 Å². The summed E-state index contributed by atoms with van der Waals surface area (Å²) < 4.78 is 1.72. The van der Waals surface area contributed by atoms with Crippen molar-refractivity contribution in [3.8, 4) is 0 Å². The van der Waals surface area contributed by atoms with Crippen LogP contribution < -0.4 is 10.6 Å². The van der Waals surface area contributed by atoms with E-state index < -0.39 is 0 Å². The van der Waals surface area contributed by atoms with Crippen molar-refractivity contribution < 1.29 is 4.79 Å². The van der Waals surface area contributed by atoms with Crippen molar-refractivity contribution in [3.63, 3.8) is 0 Å². The summed E-state index contributed by atoms with van der Waals surface area (Å²) in [6.07, 6.45) is 2.50. The Morgan fingerprint density at radius 1 is 1.45 bits per heavy atom. The molecule has 1 fully saturated rings. The van der Waals surface area contributed by atoms with Crippen molar-refractivity contribution in [2.75, 3.05) is 11.9 Å². The first-order chi connectivity index (χ1) is 9.56. The lowest BCUT2D eigenvalue weighted by molar-refractivity contribution is -0.119. The van der Waals surface area contributed by atoms with Crippen LogP contribution in [0.1, 0.15) is 32.0 Å². The Balaban J connectivity index is 2.05. The summed E-state index contributed by atoms with van der Waals surface area (Å²) in [6.45, 7) is 4.79. The van der Waals surface area contributed by atoms with Gasteiger partial charge < -0.3 is 10.6 Å². The Labute approximate surface area is 116 Å². The molecule has 3 heterocycles. The lowest BCUT2D eigenvalue weighted by Gasteiger charge is -2.13. The summed E-state index contributed by atoms with van der Waals surface area (Å²) >= 11 is 0. The van der Waals surface area contributed by atoms with Gasteiger partial charge in [-0.15, -0.1) is 0 Å². The maximum absolute atomic E-state index is 11.7. The number of aromatic nitrogens is 4. The molecule has 0 radical (unpaired) electrons. The van der Waals surface area contributed by atoms with E-state index >= 15 is 0 Å². The summed E-state index contributed by atoms with van der Waals surface area (Å²) in [5.74, 6) is 1.68. The first-order valence-electron chi connectivity index (χ1n) is 6.80. The number of nitrogens with one attached hydrogen (secondary N) is 2. The Hall–Kier alpha value is -2.18. The van der Waals surface area contributed by atoms with Gasteiger partial charge in [0.2, 0.25) is 5.91 Å². The highest BCUT2D eigenvalue weighted by Crippen LogP contribution is 2.23. The fraction of sp³-hybridized carbons (Fsp3) is 0.538. The predicted molar refractivity (Wildman–Crippen MR) is 75.4 cm³/mol. The number of hydrogen-bond acceptors (Lipinski definition) is 5. The molecule has 1 aliphatic heterocycles. The molecule has 0 bridgehead atoms. The molecule has 2 N–H and O–H groups in total. The van der Waals surface area contributed by atoms with E-state index in [1.165, 1.54) is 0 Å². The molecular weight excluding hydrogens is 256 g/mol. The molecule has 7 nitrogen and oxygen atoms in total. The molecule has 1 atom stereocenters. The average Bonchev–Trinajstić information content (AvgIpc) is 2.97. The lowest BCUT2D eigenvalue weighted by atomic mass is 10.2. The zero-order chi connectivity index (χ0) is 14.3. The highest BCUT2D eigenvalue weighted by molar-refractivity contribution is 5.91. The predicted octanol–water partition coefficient (Wildman–Crippen LogP) is 0.787. The molecule has 2 aromatic heterocycles. The van der Waals surface area contributed by atoms with Crippen molar-refractivity contribution in [1.82, 2.24) is 25.1 Å². The SMILES string of the molecule is CC(C)c1nc(N[C@@H]2CCNC2=O)c2cnn(C)c2n1. The van der Waals surface area contributed by atoms with Crippen molar-refractivity contribution >= 4 is 22.8 Å². The van der Waals surface area contributed by atoms with Crippen molar-refractivity contribution in [3.05, 3.63) is 12.0 Å². The molecule has 1 saturated heterocycles. The molecule has 0 saturated carbocycles. The summed E-state index contributed by atoms with van der Waals surface area (Å²) in [5, 5.41) is 11.1. The van der Waals surface area contributed by atoms with Gasteiger partial charge in [-0.3, -0.25) is 9.48 Å². The minimum absolute atomic E-state index is 0.0201. The van der Waals surface area contributed by atoms with Crippen LogP contribution in [0.25, 0.3) is 11.0 Å². The quantitative estimate of drug-likeness (QED) is 0.864. The number of carbonyl (C=O) groups is 1. The summed E-state index contributed by atoms with van der Waals surface area (Å²) in [4.78, 5) is 20.8. The van der Waals surface area contributed by atoms with Gasteiger partial charge in [0.1, 0.15) is 17.7 Å². The fourth-order valence-corrected chi connectivity index (χ4v) is 2.30. The number of anilines is 1. The van der Waals surface area contributed by atoms with Gasteiger partial charge in [0.25, 0.3) is 0 Å². The van der Waals surface area contributed by atoms with Crippen molar-refractivity contribution in [2.45, 2.75) is 32.2 Å². The van der Waals surface area contributed by atoms with Gasteiger partial charge in [0.05, 0.1) is 11.6 Å². The number of carbonyl (C=O) groups excluding carboxylic acids is 1. The van der Waals surface area contributed by atoms with Crippen LogP contribution in [0.3, 0.4) is 0 Å². The van der Waals surface area contributed by atoms with E-state index in [4.69, 9.17) is 0 Å². The summed E-state index contributed by atoms with van der Waals surface area (Å²) in [6, 6.07) is -0.228. The third-order valence-corrected chi connectivity index (χ3v) is 3.49. The van der Waals surface area contributed by atoms with Crippen LogP contribution in [0.4, 0.5) is 5.82 Å². The zero-order valence-electron chi connectivity index (χ0n) is 11.8. The first-order valence-corrected chi connectivity index (χ1v) is 6.80. The normalized spacial score (nSPS) is 18.8. The van der Waals surface area contributed by atoms with E-state index in [1.54, 1.807) is 10.9 Å². The standard InChI is InChI=1S/C13H18N6O/c1-7(2)10-17-11(16-9-4-5-14-13(9)20)8-6-15-19(3)12(8)18-10/h6-7,9H,4-5H2,1-3H3,(H,14,20)(H,16,17,18)/t9-/m1/s1. The molecule has 20 heavy (non-hydrogen) atoms. The smallest absolute Gasteiger partial charge is 0.242 e. The van der Waals surface area contributed by atoms with Crippen LogP contribution in [0.2, 0.25) is 0 Å². The molecule has 1 aliphatic rings. The molecule has 106 valence electrons. The lowest BCUT2D eigenvalue weighted by Crippen LogP contribution is -2.30. The third-order valence-electron chi connectivity index (χ3n) is 3.49. The Kier molecular flexibility index (Phi) is 3.04. The van der Waals surface area contributed by atoms with Gasteiger partial charge in [0, 0.05) is 19.5 Å². The number of fused-ring (bicyclic) bond motifs is 1. The molecule has 2 aromatic rings. The number of nitrogens with zero attached hydrogens (tertiary/aromatic N) is 4. The summed E-state index contributed by atoms with van der Waals surface area (Å²) in [5.41, 5.74) is 0.782. The van der Waals surface area contributed by atoms with Crippen LogP contribution >= 0.6 is 0 Å². The highest BCUT2D eigenvalue weighted by atomic mass is 16.2. The maximum atomic E-state index is 11.7. The number of hydrogen-bond donors (Lipinski definition) is 2. The third kappa shape index (κ3) is 2.09. The van der Waals surface area contributed by atoms with E-state index in [0.717, 1.165) is 23.3 Å². The molecular formula is C13H18N6O. The van der Waals surface area contributed by atoms with Crippen LogP contribution in [0.5, 0.6) is 0 Å². The maximum Gasteiger partial charge on any atom is 0.242 e. The topological polar surface area (TPSA) is 84.7 Å². The van der Waals surface area contributed by atoms with Gasteiger partial charge >= 0.3 is 0 Å². The Morgan fingerprint density at radius 2 is 2.25 bits per heavy atom. The fourth-order valence-electron chi connectivity index (χ4n) is 2.30. The summed E-state index contributed by atoms with van der Waals surface area (Å²) in [7, 11) is 1.85. The van der Waals surface area contributed by atoms with Crippen molar-refractivity contribution in [2.24, 2.45) is 7.05 Å². The molecule has 0 aliphatic carbocycles. The van der Waals surface area contributed by atoms with Crippen LogP contribution in [0.15, 0.2) is 6.20 Å². The molecule has 0 aromatic carbocycles. The number of aryl methyl sites for hydroxylation is 1. The zero-order valence-corrected chi connectivity index (χ0v) is 11.8. The second-order valence-electron chi connectivity index (χ2n) is 5.37. The Morgan fingerprint density at radius 3 is 2.90 bits per heavy atom. The van der Waals surface area contributed by atoms with Gasteiger partial charge in [-0.05, 0) is 6.42 Å². The monoisotopic (exact) mass is 274 g/mol. The van der Waals surface area contributed by atoms with E-state index in [9.17, 15) is 4.79 Å². The number of rotatable bonds is 3. The molecule has 1 amide bonds. The van der Waals surface area contributed by atoms with Gasteiger partial charge in [-0.2, -0.15) is 5.10 Å². The van der Waals surface area contributed by atoms with Crippen molar-refractivity contribution in [1.29, 1.82) is 0 Å². The molecule has 0 unspecified atom stereocenters. The van der Waals surface area contributed by atoms with E-state index in [1.807, 2.05) is 20.9 Å². The van der Waals surface area contributed by atoms with Gasteiger partial charge in [-0.1, -0.05) is 13.8 Å². The van der Waals surface area contributed by atoms with Crippen LogP contribution in [-0.2, 0) is 11.8 Å². The van der Waals surface area contributed by atoms with E-state index in [0.29, 0.717) is 12.4 Å². The molecule has 3 rings (SSSR count). The minimum atomic E-state index is -0.228.